The summed E-state index contributed by atoms with van der Waals surface area (Å²) in [5.41, 5.74) is -4.56. The van der Waals surface area contributed by atoms with Gasteiger partial charge in [0.25, 0.3) is 5.91 Å². The second kappa shape index (κ2) is 15.6. The molecule has 13 nitrogen and oxygen atoms in total. The quantitative estimate of drug-likeness (QED) is 0.230. The molecule has 1 aromatic heterocycles. The third kappa shape index (κ3) is 8.21. The fraction of sp³-hybridized carbons (Fsp3) is 0.625. The zero-order valence-electron chi connectivity index (χ0n) is 33.4. The van der Waals surface area contributed by atoms with E-state index in [9.17, 15) is 45.2 Å². The number of halogens is 4. The van der Waals surface area contributed by atoms with Crippen LogP contribution in [0.25, 0.3) is 10.8 Å². The van der Waals surface area contributed by atoms with Crippen LogP contribution in [0.3, 0.4) is 0 Å². The van der Waals surface area contributed by atoms with Crippen LogP contribution in [-0.2, 0) is 29.2 Å². The number of benzene rings is 1. The van der Waals surface area contributed by atoms with Gasteiger partial charge in [-0.25, -0.2) is 17.8 Å². The molecule has 2 aliphatic heterocycles. The van der Waals surface area contributed by atoms with Gasteiger partial charge >= 0.3 is 6.18 Å². The van der Waals surface area contributed by atoms with Crippen LogP contribution in [0.2, 0.25) is 0 Å². The average molecular weight is 838 g/mol. The number of ether oxygens (including phenoxy) is 2. The van der Waals surface area contributed by atoms with Gasteiger partial charge in [0.05, 0.1) is 30.0 Å². The number of fused-ring (bicyclic) bond motifs is 3. The highest BCUT2D eigenvalue weighted by Crippen LogP contribution is 2.48. The first-order chi connectivity index (χ1) is 27.1. The van der Waals surface area contributed by atoms with Crippen molar-refractivity contribution in [2.75, 3.05) is 13.7 Å². The van der Waals surface area contributed by atoms with Gasteiger partial charge in [-0.15, -0.1) is 0 Å². The van der Waals surface area contributed by atoms with Crippen molar-refractivity contribution in [1.29, 1.82) is 0 Å². The van der Waals surface area contributed by atoms with Crippen LogP contribution in [0.1, 0.15) is 86.0 Å². The van der Waals surface area contributed by atoms with Crippen molar-refractivity contribution in [1.82, 2.24) is 25.2 Å². The summed E-state index contributed by atoms with van der Waals surface area (Å²) in [6, 6.07) is 0.991. The van der Waals surface area contributed by atoms with E-state index in [0.29, 0.717) is 49.7 Å². The van der Waals surface area contributed by atoms with Crippen LogP contribution in [-0.4, -0.2) is 90.2 Å². The standard InChI is InChI=1S/C40H51F4N5O8S/c1-7-23-16-22(2)10-8-9-11-24-19-39(24,36(53)48-58(54,55)38(5)14-15-38)47-32(50)29-18-26(57-33-28-17-25(41)12-13-27(28)30(56-6)20-45-33)21-49(29)34(51)31(23)46-35(52)37(3,4)40(42,43)44/h9,11-13,17,20,22-24,26,29,31H,7-8,10,14-16,18-19,21H2,1-6H3,(H,46,52)(H,47,50)(H,48,53). The van der Waals surface area contributed by atoms with E-state index in [-0.39, 0.29) is 36.6 Å². The first-order valence-electron chi connectivity index (χ1n) is 19.6. The van der Waals surface area contributed by atoms with E-state index in [1.54, 1.807) is 13.0 Å². The van der Waals surface area contributed by atoms with Crippen molar-refractivity contribution in [2.24, 2.45) is 23.2 Å². The number of sulfonamides is 1. The normalized spacial score (nSPS) is 29.0. The molecule has 4 amide bonds. The molecule has 2 aromatic rings. The lowest BCUT2D eigenvalue weighted by molar-refractivity contribution is -0.212. The minimum atomic E-state index is -4.95. The van der Waals surface area contributed by atoms with Crippen molar-refractivity contribution in [2.45, 2.75) is 121 Å². The SMILES string of the molecule is CCC1CC(C)CCC=CC2CC2(C(=O)NS(=O)(=O)C2(C)CC2)NC(=O)C2CC(Oc3ncc(OC)c4ccc(F)cc34)CN2C(=O)C1NC(=O)C(C)(C)C(F)(F)F. The predicted octanol–water partition coefficient (Wildman–Crippen LogP) is 5.08. The Morgan fingerprint density at radius 1 is 1.12 bits per heavy atom. The van der Waals surface area contributed by atoms with Crippen LogP contribution < -0.4 is 24.8 Å². The summed E-state index contributed by atoms with van der Waals surface area (Å²) in [5.74, 6) is -5.64. The Morgan fingerprint density at radius 2 is 1.83 bits per heavy atom. The summed E-state index contributed by atoms with van der Waals surface area (Å²) in [6.45, 7) is 6.35. The van der Waals surface area contributed by atoms with Gasteiger partial charge in [-0.2, -0.15) is 13.2 Å². The summed E-state index contributed by atoms with van der Waals surface area (Å²) in [7, 11) is -2.69. The maximum atomic E-state index is 14.9. The number of rotatable bonds is 9. The van der Waals surface area contributed by atoms with Crippen molar-refractivity contribution in [3.63, 3.8) is 0 Å². The van der Waals surface area contributed by atoms with Crippen LogP contribution >= 0.6 is 0 Å². The van der Waals surface area contributed by atoms with E-state index in [1.807, 2.05) is 13.0 Å². The largest absolute Gasteiger partial charge is 0.494 e. The average Bonchev–Trinajstić information content (AvgIpc) is 4.03. The Hall–Kier alpha value is -4.48. The second-order valence-corrected chi connectivity index (χ2v) is 19.2. The highest BCUT2D eigenvalue weighted by molar-refractivity contribution is 7.91. The first-order valence-corrected chi connectivity index (χ1v) is 21.1. The maximum absolute atomic E-state index is 14.9. The van der Waals surface area contributed by atoms with Gasteiger partial charge in [-0.1, -0.05) is 32.4 Å². The second-order valence-electron chi connectivity index (χ2n) is 17.0. The molecule has 18 heteroatoms. The van der Waals surface area contributed by atoms with Crippen molar-refractivity contribution >= 4 is 44.4 Å². The summed E-state index contributed by atoms with van der Waals surface area (Å²) < 4.78 is 96.0. The molecular weight excluding hydrogens is 787 g/mol. The number of hydrogen-bond acceptors (Lipinski definition) is 9. The first kappa shape index (κ1) is 43.1. The third-order valence-corrected chi connectivity index (χ3v) is 14.6. The Balaban J connectivity index is 1.40. The number of hydrogen-bond donors (Lipinski definition) is 3. The number of methoxy groups -OCH3 is 1. The fourth-order valence-corrected chi connectivity index (χ4v) is 9.16. The minimum absolute atomic E-state index is 0.0463. The van der Waals surface area contributed by atoms with Crippen molar-refractivity contribution in [3.8, 4) is 11.6 Å². The van der Waals surface area contributed by atoms with Gasteiger partial charge in [0, 0.05) is 17.7 Å². The molecule has 0 bridgehead atoms. The molecule has 1 aromatic carbocycles. The molecule has 3 fully saturated rings. The Kier molecular flexibility index (Phi) is 11.6. The number of nitrogens with zero attached hydrogens (tertiary/aromatic N) is 2. The number of alkyl halides is 3. The van der Waals surface area contributed by atoms with Gasteiger partial charge in [0.1, 0.15) is 40.7 Å². The molecule has 2 aliphatic carbocycles. The summed E-state index contributed by atoms with van der Waals surface area (Å²) in [5, 5.41) is 5.87. The molecule has 2 saturated carbocycles. The molecule has 0 radical (unpaired) electrons. The topological polar surface area (TPSA) is 173 Å². The number of carbonyl (C=O) groups is 4. The van der Waals surface area contributed by atoms with Crippen LogP contribution in [0.4, 0.5) is 17.6 Å². The highest BCUT2D eigenvalue weighted by atomic mass is 32.2. The molecule has 0 spiro atoms. The van der Waals surface area contributed by atoms with Gasteiger partial charge in [-0.05, 0) is 89.3 Å². The highest BCUT2D eigenvalue weighted by Gasteiger charge is 2.63. The Morgan fingerprint density at radius 3 is 2.47 bits per heavy atom. The lowest BCUT2D eigenvalue weighted by Gasteiger charge is -2.36. The van der Waals surface area contributed by atoms with E-state index in [1.165, 1.54) is 38.4 Å². The van der Waals surface area contributed by atoms with Crippen molar-refractivity contribution < 1.29 is 54.6 Å². The number of allylic oxidation sites excluding steroid dienone is 1. The number of pyridine rings is 1. The summed E-state index contributed by atoms with van der Waals surface area (Å²) in [6.07, 6.45) is 1.35. The molecule has 318 valence electrons. The summed E-state index contributed by atoms with van der Waals surface area (Å²) in [4.78, 5) is 62.2. The Bertz CT molecular complexity index is 2110. The molecule has 4 aliphatic rings. The molecule has 1 saturated heterocycles. The molecule has 3 heterocycles. The van der Waals surface area contributed by atoms with Crippen molar-refractivity contribution in [3.05, 3.63) is 42.4 Å². The van der Waals surface area contributed by atoms with Gasteiger partial charge in [0.15, 0.2) is 0 Å². The number of aromatic nitrogens is 1. The summed E-state index contributed by atoms with van der Waals surface area (Å²) >= 11 is 0. The minimum Gasteiger partial charge on any atom is -0.494 e. The van der Waals surface area contributed by atoms with Gasteiger partial charge < -0.3 is 25.0 Å². The van der Waals surface area contributed by atoms with E-state index in [2.05, 4.69) is 20.3 Å². The van der Waals surface area contributed by atoms with Crippen LogP contribution in [0.5, 0.6) is 11.6 Å². The lowest BCUT2D eigenvalue weighted by Crippen LogP contribution is -2.61. The van der Waals surface area contributed by atoms with Gasteiger partial charge in [-0.3, -0.25) is 23.9 Å². The molecule has 7 unspecified atom stereocenters. The smallest absolute Gasteiger partial charge is 0.402 e. The predicted molar refractivity (Wildman–Crippen MR) is 204 cm³/mol. The number of nitrogens with one attached hydrogen (secondary N) is 3. The fourth-order valence-electron chi connectivity index (χ4n) is 7.84. The number of carbonyl (C=O) groups excluding carboxylic acids is 4. The molecular formula is C40H51F4N5O8S. The molecule has 7 atom stereocenters. The van der Waals surface area contributed by atoms with Gasteiger partial charge in [0.2, 0.25) is 33.6 Å². The van der Waals surface area contributed by atoms with E-state index in [4.69, 9.17) is 9.47 Å². The lowest BCUT2D eigenvalue weighted by atomic mass is 9.83. The number of amides is 4. The zero-order valence-corrected chi connectivity index (χ0v) is 34.2. The van der Waals surface area contributed by atoms with E-state index in [0.717, 1.165) is 18.7 Å². The maximum Gasteiger partial charge on any atom is 0.402 e. The van der Waals surface area contributed by atoms with Crippen LogP contribution in [0.15, 0.2) is 36.5 Å². The monoisotopic (exact) mass is 837 g/mol. The van der Waals surface area contributed by atoms with E-state index < -0.39 is 91.4 Å². The van der Waals surface area contributed by atoms with E-state index >= 15 is 0 Å². The molecule has 58 heavy (non-hydrogen) atoms. The zero-order chi connectivity index (χ0) is 42.6. The molecule has 6 rings (SSSR count). The van der Waals surface area contributed by atoms with Crippen LogP contribution in [0, 0.1) is 29.0 Å². The third-order valence-electron chi connectivity index (χ3n) is 12.4. The Labute approximate surface area is 335 Å². The molecule has 3 N–H and O–H groups in total.